The minimum absolute atomic E-state index is 0.0450. The third kappa shape index (κ3) is 4.62. The number of thioether (sulfide) groups is 1. The Balaban J connectivity index is 2.04. The predicted octanol–water partition coefficient (Wildman–Crippen LogP) is 1.82. The second-order valence-electron chi connectivity index (χ2n) is 7.68. The molecule has 2 saturated heterocycles. The maximum Gasteiger partial charge on any atom is 0.411 e. The zero-order valence-corrected chi connectivity index (χ0v) is 16.6. The normalized spacial score (nSPS) is 28.8. The highest BCUT2D eigenvalue weighted by Crippen LogP contribution is 2.37. The molecular formula is C17H28N2O6S. The zero-order valence-electron chi connectivity index (χ0n) is 15.7. The quantitative estimate of drug-likeness (QED) is 0.687. The van der Waals surface area contributed by atoms with Crippen molar-refractivity contribution in [3.63, 3.8) is 0 Å². The Hall–Kier alpha value is -1.48. The van der Waals surface area contributed by atoms with Crippen LogP contribution in [0.1, 0.15) is 46.5 Å². The van der Waals surface area contributed by atoms with Crippen LogP contribution in [-0.4, -0.2) is 70.0 Å². The highest BCUT2D eigenvalue weighted by atomic mass is 32.2. The number of amides is 1. The number of hydrogen-bond donors (Lipinski definition) is 2. The number of nitrogens with zero attached hydrogens (tertiary/aromatic N) is 1. The van der Waals surface area contributed by atoms with Gasteiger partial charge >= 0.3 is 18.0 Å². The van der Waals surface area contributed by atoms with Gasteiger partial charge in [0, 0.05) is 12.3 Å². The van der Waals surface area contributed by atoms with Gasteiger partial charge in [-0.2, -0.15) is 0 Å². The Labute approximate surface area is 158 Å². The largest absolute Gasteiger partial charge is 0.479 e. The number of nitrogens with one attached hydrogen (secondary N) is 1. The first-order chi connectivity index (χ1) is 12.1. The van der Waals surface area contributed by atoms with Gasteiger partial charge in [0.2, 0.25) is 0 Å². The van der Waals surface area contributed by atoms with E-state index in [0.717, 1.165) is 0 Å². The molecule has 9 heteroatoms. The van der Waals surface area contributed by atoms with Gasteiger partial charge in [0.25, 0.3) is 0 Å². The SMILES string of the molecule is COC(=O)C1CSC(CC[C@@]2(C(=O)O)CCCN2C(=O)OC(C)(C)C)N1. The summed E-state index contributed by atoms with van der Waals surface area (Å²) in [7, 11) is 1.35. The summed E-state index contributed by atoms with van der Waals surface area (Å²) in [4.78, 5) is 37.6. The molecule has 2 aliphatic heterocycles. The van der Waals surface area contributed by atoms with Crippen LogP contribution in [-0.2, 0) is 19.1 Å². The van der Waals surface area contributed by atoms with Crippen LogP contribution in [0.25, 0.3) is 0 Å². The van der Waals surface area contributed by atoms with E-state index in [1.807, 2.05) is 0 Å². The Morgan fingerprint density at radius 2 is 2.04 bits per heavy atom. The van der Waals surface area contributed by atoms with E-state index in [2.05, 4.69) is 5.32 Å². The van der Waals surface area contributed by atoms with Crippen molar-refractivity contribution in [2.24, 2.45) is 0 Å². The molecule has 0 aromatic rings. The van der Waals surface area contributed by atoms with Crippen molar-refractivity contribution in [2.75, 3.05) is 19.4 Å². The van der Waals surface area contributed by atoms with Crippen LogP contribution in [0.5, 0.6) is 0 Å². The number of hydrogen-bond acceptors (Lipinski definition) is 7. The van der Waals surface area contributed by atoms with E-state index >= 15 is 0 Å². The summed E-state index contributed by atoms with van der Waals surface area (Å²) >= 11 is 1.57. The molecule has 0 aliphatic carbocycles. The second-order valence-corrected chi connectivity index (χ2v) is 8.91. The third-order valence-electron chi connectivity index (χ3n) is 4.66. The van der Waals surface area contributed by atoms with Crippen molar-refractivity contribution < 1.29 is 29.0 Å². The fourth-order valence-corrected chi connectivity index (χ4v) is 4.60. The molecule has 0 spiro atoms. The van der Waals surface area contributed by atoms with Crippen molar-refractivity contribution in [3.05, 3.63) is 0 Å². The number of esters is 1. The van der Waals surface area contributed by atoms with Gasteiger partial charge < -0.3 is 14.6 Å². The van der Waals surface area contributed by atoms with Crippen LogP contribution >= 0.6 is 11.8 Å². The molecule has 2 heterocycles. The van der Waals surface area contributed by atoms with Crippen molar-refractivity contribution >= 4 is 29.8 Å². The average molecular weight is 388 g/mol. The van der Waals surface area contributed by atoms with Gasteiger partial charge in [0.1, 0.15) is 17.2 Å². The summed E-state index contributed by atoms with van der Waals surface area (Å²) in [6, 6.07) is -0.374. The Morgan fingerprint density at radius 1 is 1.35 bits per heavy atom. The molecule has 1 amide bonds. The first-order valence-electron chi connectivity index (χ1n) is 8.78. The summed E-state index contributed by atoms with van der Waals surface area (Å²) < 4.78 is 10.1. The number of rotatable bonds is 5. The van der Waals surface area contributed by atoms with Gasteiger partial charge in [-0.3, -0.25) is 15.0 Å². The van der Waals surface area contributed by atoms with Gasteiger partial charge in [-0.25, -0.2) is 9.59 Å². The molecule has 3 atom stereocenters. The van der Waals surface area contributed by atoms with Crippen LogP contribution in [0, 0.1) is 0 Å². The van der Waals surface area contributed by atoms with Crippen molar-refractivity contribution in [1.29, 1.82) is 0 Å². The van der Waals surface area contributed by atoms with Gasteiger partial charge in [-0.05, 0) is 46.5 Å². The van der Waals surface area contributed by atoms with Crippen LogP contribution in [0.3, 0.4) is 0 Å². The van der Waals surface area contributed by atoms with E-state index in [1.54, 1.807) is 32.5 Å². The minimum Gasteiger partial charge on any atom is -0.479 e. The Kier molecular flexibility index (Phi) is 6.44. The maximum absolute atomic E-state index is 12.5. The average Bonchev–Trinajstić information content (AvgIpc) is 3.18. The lowest BCUT2D eigenvalue weighted by Crippen LogP contribution is -2.54. The van der Waals surface area contributed by atoms with E-state index in [9.17, 15) is 19.5 Å². The van der Waals surface area contributed by atoms with Crippen LogP contribution in [0.15, 0.2) is 0 Å². The molecule has 0 aromatic carbocycles. The number of carbonyl (C=O) groups excluding carboxylic acids is 2. The maximum atomic E-state index is 12.5. The molecule has 0 bridgehead atoms. The van der Waals surface area contributed by atoms with Gasteiger partial charge in [-0.1, -0.05) is 0 Å². The second kappa shape index (κ2) is 8.04. The van der Waals surface area contributed by atoms with Gasteiger partial charge in [-0.15, -0.1) is 11.8 Å². The zero-order chi connectivity index (χ0) is 19.5. The first kappa shape index (κ1) is 20.8. The molecule has 26 heavy (non-hydrogen) atoms. The summed E-state index contributed by atoms with van der Waals surface area (Å²) in [5, 5.41) is 13.0. The number of carbonyl (C=O) groups is 3. The van der Waals surface area contributed by atoms with Crippen LogP contribution in [0.2, 0.25) is 0 Å². The molecule has 0 aromatic heterocycles. The predicted molar refractivity (Wildman–Crippen MR) is 97.0 cm³/mol. The molecule has 2 rings (SSSR count). The molecule has 2 N–H and O–H groups in total. The standard InChI is InChI=1S/C17H28N2O6S/c1-16(2,3)25-15(23)19-9-5-7-17(19,14(21)22)8-6-12-18-11(10-26-12)13(20)24-4/h11-12,18H,5-10H2,1-4H3,(H,21,22)/t11?,12?,17-/m1/s1. The smallest absolute Gasteiger partial charge is 0.411 e. The summed E-state index contributed by atoms with van der Waals surface area (Å²) in [5.74, 6) is -0.731. The van der Waals surface area contributed by atoms with E-state index in [1.165, 1.54) is 12.0 Å². The molecule has 0 radical (unpaired) electrons. The van der Waals surface area contributed by atoms with Crippen LogP contribution in [0.4, 0.5) is 4.79 Å². The molecule has 148 valence electrons. The number of likely N-dealkylation sites (tertiary alicyclic amines) is 1. The van der Waals surface area contributed by atoms with Crippen molar-refractivity contribution in [3.8, 4) is 0 Å². The number of methoxy groups -OCH3 is 1. The minimum atomic E-state index is -1.26. The molecule has 2 fully saturated rings. The molecule has 0 saturated carbocycles. The molecule has 2 aliphatic rings. The fourth-order valence-electron chi connectivity index (χ4n) is 3.40. The highest BCUT2D eigenvalue weighted by molar-refractivity contribution is 8.00. The lowest BCUT2D eigenvalue weighted by molar-refractivity contribution is -0.150. The van der Waals surface area contributed by atoms with E-state index < -0.39 is 23.2 Å². The molecular weight excluding hydrogens is 360 g/mol. The highest BCUT2D eigenvalue weighted by Gasteiger charge is 2.51. The summed E-state index contributed by atoms with van der Waals surface area (Å²) in [5.41, 5.74) is -1.94. The van der Waals surface area contributed by atoms with Crippen molar-refractivity contribution in [1.82, 2.24) is 10.2 Å². The molecule has 8 nitrogen and oxygen atoms in total. The van der Waals surface area contributed by atoms with Crippen LogP contribution < -0.4 is 5.32 Å². The fraction of sp³-hybridized carbons (Fsp3) is 0.824. The van der Waals surface area contributed by atoms with E-state index in [0.29, 0.717) is 38.0 Å². The Bertz CT molecular complexity index is 564. The first-order valence-corrected chi connectivity index (χ1v) is 9.83. The number of carboxylic acid groups (broad SMARTS) is 1. The monoisotopic (exact) mass is 388 g/mol. The number of ether oxygens (including phenoxy) is 2. The van der Waals surface area contributed by atoms with Gasteiger partial charge in [0.15, 0.2) is 0 Å². The lowest BCUT2D eigenvalue weighted by atomic mass is 9.90. The summed E-state index contributed by atoms with van der Waals surface area (Å²) in [6.45, 7) is 5.65. The number of carboxylic acids is 1. The van der Waals surface area contributed by atoms with Gasteiger partial charge in [0.05, 0.1) is 12.5 Å². The summed E-state index contributed by atoms with van der Waals surface area (Å²) in [6.07, 6.45) is 1.28. The lowest BCUT2D eigenvalue weighted by Gasteiger charge is -2.36. The molecule has 2 unspecified atom stereocenters. The Morgan fingerprint density at radius 3 is 2.62 bits per heavy atom. The van der Waals surface area contributed by atoms with E-state index in [-0.39, 0.29) is 17.4 Å². The number of aliphatic carboxylic acids is 1. The van der Waals surface area contributed by atoms with Crippen molar-refractivity contribution in [2.45, 2.75) is 69.0 Å². The van der Waals surface area contributed by atoms with E-state index in [4.69, 9.17) is 9.47 Å². The third-order valence-corrected chi connectivity index (χ3v) is 5.96. The topological polar surface area (TPSA) is 105 Å².